The first kappa shape index (κ1) is 12.8. The average Bonchev–Trinajstić information content (AvgIpc) is 2.82. The third-order valence-electron chi connectivity index (χ3n) is 3.32. The van der Waals surface area contributed by atoms with Crippen molar-refractivity contribution in [1.29, 1.82) is 0 Å². The van der Waals surface area contributed by atoms with Crippen LogP contribution in [0.3, 0.4) is 0 Å². The molecule has 1 aliphatic rings. The van der Waals surface area contributed by atoms with E-state index in [0.29, 0.717) is 6.04 Å². The van der Waals surface area contributed by atoms with Gasteiger partial charge in [-0.15, -0.1) is 0 Å². The summed E-state index contributed by atoms with van der Waals surface area (Å²) in [4.78, 5) is 6.99. The Labute approximate surface area is 112 Å². The van der Waals surface area contributed by atoms with Gasteiger partial charge in [-0.1, -0.05) is 0 Å². The zero-order chi connectivity index (χ0) is 12.3. The molecule has 1 aromatic rings. The van der Waals surface area contributed by atoms with Crippen molar-refractivity contribution >= 4 is 21.7 Å². The summed E-state index contributed by atoms with van der Waals surface area (Å²) in [6.45, 7) is 7.45. The number of nitrogens with one attached hydrogen (secondary N) is 1. The van der Waals surface area contributed by atoms with Gasteiger partial charge < -0.3 is 10.2 Å². The topological polar surface area (TPSA) is 28.2 Å². The molecule has 0 spiro atoms. The van der Waals surface area contributed by atoms with Crippen LogP contribution >= 0.6 is 15.9 Å². The molecular formula is C13H20BrN3. The van der Waals surface area contributed by atoms with Crippen molar-refractivity contribution in [3.05, 3.63) is 22.3 Å². The highest BCUT2D eigenvalue weighted by Crippen LogP contribution is 2.20. The predicted molar refractivity (Wildman–Crippen MR) is 75.6 cm³/mol. The molecule has 2 heterocycles. The predicted octanol–water partition coefficient (Wildman–Crippen LogP) is 2.73. The van der Waals surface area contributed by atoms with Crippen molar-refractivity contribution in [2.75, 3.05) is 24.5 Å². The van der Waals surface area contributed by atoms with E-state index in [0.717, 1.165) is 35.6 Å². The number of aryl methyl sites for hydroxylation is 1. The lowest BCUT2D eigenvalue weighted by molar-refractivity contribution is 0.583. The van der Waals surface area contributed by atoms with Crippen LogP contribution in [0, 0.1) is 6.92 Å². The molecule has 1 aromatic heterocycles. The van der Waals surface area contributed by atoms with E-state index < -0.39 is 0 Å². The van der Waals surface area contributed by atoms with Crippen LogP contribution < -0.4 is 10.2 Å². The van der Waals surface area contributed by atoms with Crippen LogP contribution in [0.25, 0.3) is 0 Å². The molecule has 2 rings (SSSR count). The normalized spacial score (nSPS) is 19.6. The highest BCUT2D eigenvalue weighted by Gasteiger charge is 2.18. The summed E-state index contributed by atoms with van der Waals surface area (Å²) in [5.74, 6) is 1.09. The van der Waals surface area contributed by atoms with E-state index in [9.17, 15) is 0 Å². The summed E-state index contributed by atoms with van der Waals surface area (Å²) in [6, 6.07) is 4.80. The molecule has 17 heavy (non-hydrogen) atoms. The van der Waals surface area contributed by atoms with Gasteiger partial charge in [0.15, 0.2) is 0 Å². The summed E-state index contributed by atoms with van der Waals surface area (Å²) < 4.78 is 1.08. The van der Waals surface area contributed by atoms with Crippen LogP contribution in [0.5, 0.6) is 0 Å². The third-order valence-corrected chi connectivity index (χ3v) is 4.15. The maximum Gasteiger partial charge on any atom is 0.128 e. The Bertz CT molecular complexity index is 375. The average molecular weight is 298 g/mol. The Balaban J connectivity index is 2.08. The molecule has 0 bridgehead atoms. The number of rotatable bonds is 4. The molecule has 0 aromatic carbocycles. The van der Waals surface area contributed by atoms with Gasteiger partial charge in [0.1, 0.15) is 5.82 Å². The Hall–Kier alpha value is -0.610. The van der Waals surface area contributed by atoms with Gasteiger partial charge in [0.25, 0.3) is 0 Å². The molecule has 3 nitrogen and oxygen atoms in total. The van der Waals surface area contributed by atoms with Crippen LogP contribution in [0.1, 0.15) is 25.5 Å². The first-order valence-electron chi connectivity index (χ1n) is 6.32. The van der Waals surface area contributed by atoms with Gasteiger partial charge in [0.2, 0.25) is 0 Å². The first-order chi connectivity index (χ1) is 8.20. The molecule has 1 fully saturated rings. The SMILES string of the molecule is CCN(CC1CCCN1)c1ccc(Br)c(C)n1. The molecule has 1 N–H and O–H groups in total. The Morgan fingerprint density at radius 3 is 2.94 bits per heavy atom. The standard InChI is InChI=1S/C13H20BrN3/c1-3-17(9-11-5-4-8-15-11)13-7-6-12(14)10(2)16-13/h6-7,11,15H,3-5,8-9H2,1-2H3. The monoisotopic (exact) mass is 297 g/mol. The number of anilines is 1. The van der Waals surface area contributed by atoms with E-state index in [2.05, 4.69) is 50.2 Å². The summed E-state index contributed by atoms with van der Waals surface area (Å²) in [5.41, 5.74) is 1.06. The number of hydrogen-bond donors (Lipinski definition) is 1. The fourth-order valence-corrected chi connectivity index (χ4v) is 2.49. The molecule has 94 valence electrons. The van der Waals surface area contributed by atoms with Crippen LogP contribution in [0.4, 0.5) is 5.82 Å². The highest BCUT2D eigenvalue weighted by molar-refractivity contribution is 9.10. The van der Waals surface area contributed by atoms with Crippen LogP contribution in [-0.4, -0.2) is 30.7 Å². The van der Waals surface area contributed by atoms with Crippen molar-refractivity contribution in [2.45, 2.75) is 32.7 Å². The molecule has 0 saturated carbocycles. The fourth-order valence-electron chi connectivity index (χ4n) is 2.27. The molecule has 1 atom stereocenters. The Kier molecular flexibility index (Phi) is 4.40. The molecule has 1 aliphatic heterocycles. The molecule has 0 amide bonds. The van der Waals surface area contributed by atoms with Gasteiger partial charge in [-0.3, -0.25) is 0 Å². The van der Waals surface area contributed by atoms with Gasteiger partial charge in [-0.25, -0.2) is 4.98 Å². The van der Waals surface area contributed by atoms with Crippen molar-refractivity contribution in [3.8, 4) is 0 Å². The summed E-state index contributed by atoms with van der Waals surface area (Å²) >= 11 is 3.50. The van der Waals surface area contributed by atoms with Crippen molar-refractivity contribution in [2.24, 2.45) is 0 Å². The third kappa shape index (κ3) is 3.19. The maximum atomic E-state index is 4.64. The second-order valence-corrected chi connectivity index (χ2v) is 5.42. The zero-order valence-electron chi connectivity index (χ0n) is 10.5. The number of hydrogen-bond acceptors (Lipinski definition) is 3. The maximum absolute atomic E-state index is 4.64. The summed E-state index contributed by atoms with van der Waals surface area (Å²) in [5, 5.41) is 3.54. The quantitative estimate of drug-likeness (QED) is 0.926. The molecule has 0 aliphatic carbocycles. The lowest BCUT2D eigenvalue weighted by Gasteiger charge is -2.25. The second kappa shape index (κ2) is 5.83. The van der Waals surface area contributed by atoms with Crippen molar-refractivity contribution in [3.63, 3.8) is 0 Å². The number of aromatic nitrogens is 1. The van der Waals surface area contributed by atoms with Gasteiger partial charge in [-0.2, -0.15) is 0 Å². The van der Waals surface area contributed by atoms with E-state index in [1.54, 1.807) is 0 Å². The highest BCUT2D eigenvalue weighted by atomic mass is 79.9. The van der Waals surface area contributed by atoms with E-state index >= 15 is 0 Å². The van der Waals surface area contributed by atoms with Crippen molar-refractivity contribution < 1.29 is 0 Å². The zero-order valence-corrected chi connectivity index (χ0v) is 12.1. The number of pyridine rings is 1. The van der Waals surface area contributed by atoms with Gasteiger partial charge >= 0.3 is 0 Å². The molecule has 1 unspecified atom stereocenters. The molecule has 4 heteroatoms. The molecule has 1 saturated heterocycles. The summed E-state index contributed by atoms with van der Waals surface area (Å²) in [6.07, 6.45) is 2.58. The number of nitrogens with zero attached hydrogens (tertiary/aromatic N) is 2. The lowest BCUT2D eigenvalue weighted by atomic mass is 10.2. The smallest absolute Gasteiger partial charge is 0.128 e. The van der Waals surface area contributed by atoms with Gasteiger partial charge in [0.05, 0.1) is 5.69 Å². The minimum absolute atomic E-state index is 0.626. The fraction of sp³-hybridized carbons (Fsp3) is 0.615. The van der Waals surface area contributed by atoms with Crippen molar-refractivity contribution in [1.82, 2.24) is 10.3 Å². The van der Waals surface area contributed by atoms with E-state index in [1.807, 2.05) is 6.92 Å². The first-order valence-corrected chi connectivity index (χ1v) is 7.11. The minimum atomic E-state index is 0.626. The van der Waals surface area contributed by atoms with Crippen LogP contribution in [0.2, 0.25) is 0 Å². The number of likely N-dealkylation sites (N-methyl/N-ethyl adjacent to an activating group) is 1. The van der Waals surface area contributed by atoms with Crippen LogP contribution in [-0.2, 0) is 0 Å². The Morgan fingerprint density at radius 1 is 1.53 bits per heavy atom. The molecule has 0 radical (unpaired) electrons. The van der Waals surface area contributed by atoms with Crippen LogP contribution in [0.15, 0.2) is 16.6 Å². The molecular weight excluding hydrogens is 278 g/mol. The minimum Gasteiger partial charge on any atom is -0.355 e. The number of halogens is 1. The summed E-state index contributed by atoms with van der Waals surface area (Å²) in [7, 11) is 0. The van der Waals surface area contributed by atoms with Gasteiger partial charge in [-0.05, 0) is 61.3 Å². The lowest BCUT2D eigenvalue weighted by Crippen LogP contribution is -2.38. The van der Waals surface area contributed by atoms with E-state index in [4.69, 9.17) is 0 Å². The Morgan fingerprint density at radius 2 is 2.35 bits per heavy atom. The van der Waals surface area contributed by atoms with E-state index in [1.165, 1.54) is 12.8 Å². The van der Waals surface area contributed by atoms with E-state index in [-0.39, 0.29) is 0 Å². The van der Waals surface area contributed by atoms with Gasteiger partial charge in [0, 0.05) is 23.6 Å². The largest absolute Gasteiger partial charge is 0.355 e. The second-order valence-electron chi connectivity index (χ2n) is 4.57.